The van der Waals surface area contributed by atoms with Crippen molar-refractivity contribution < 1.29 is 0 Å². The van der Waals surface area contributed by atoms with Crippen LogP contribution in [-0.2, 0) is 6.54 Å². The van der Waals surface area contributed by atoms with E-state index in [0.717, 1.165) is 18.5 Å². The summed E-state index contributed by atoms with van der Waals surface area (Å²) in [5.74, 6) is 0.873. The highest BCUT2D eigenvalue weighted by atomic mass is 79.9. The summed E-state index contributed by atoms with van der Waals surface area (Å²) in [5, 5.41) is 0. The molecule has 2 unspecified atom stereocenters. The molecule has 1 aliphatic heterocycles. The summed E-state index contributed by atoms with van der Waals surface area (Å²) in [5.41, 5.74) is 0. The van der Waals surface area contributed by atoms with Gasteiger partial charge in [-0.05, 0) is 46.8 Å². The van der Waals surface area contributed by atoms with Crippen LogP contribution in [-0.4, -0.2) is 17.5 Å². The van der Waals surface area contributed by atoms with Gasteiger partial charge in [0.25, 0.3) is 0 Å². The molecule has 1 fully saturated rings. The molecule has 0 spiro atoms. The monoisotopic (exact) mass is 287 g/mol. The molecule has 0 saturated carbocycles. The first-order valence-corrected chi connectivity index (χ1v) is 7.28. The Kier molecular flexibility index (Phi) is 3.86. The van der Waals surface area contributed by atoms with Crippen LogP contribution in [0.1, 0.15) is 31.6 Å². The highest BCUT2D eigenvalue weighted by molar-refractivity contribution is 9.11. The zero-order chi connectivity index (χ0) is 10.8. The van der Waals surface area contributed by atoms with Crippen LogP contribution in [0.25, 0.3) is 0 Å². The van der Waals surface area contributed by atoms with Gasteiger partial charge in [-0.2, -0.15) is 0 Å². The zero-order valence-corrected chi connectivity index (χ0v) is 11.8. The van der Waals surface area contributed by atoms with Gasteiger partial charge in [-0.1, -0.05) is 13.8 Å². The van der Waals surface area contributed by atoms with E-state index in [4.69, 9.17) is 0 Å². The number of thiophene rings is 1. The Hall–Kier alpha value is 0.140. The fraction of sp³-hybridized carbons (Fsp3) is 0.667. The number of likely N-dealkylation sites (tertiary alicyclic amines) is 1. The highest BCUT2D eigenvalue weighted by Crippen LogP contribution is 2.29. The molecule has 1 aliphatic rings. The van der Waals surface area contributed by atoms with Crippen molar-refractivity contribution in [1.29, 1.82) is 0 Å². The van der Waals surface area contributed by atoms with E-state index in [1.807, 2.05) is 11.3 Å². The van der Waals surface area contributed by atoms with Crippen molar-refractivity contribution in [2.45, 2.75) is 39.3 Å². The largest absolute Gasteiger partial charge is 0.295 e. The molecule has 1 aromatic heterocycles. The van der Waals surface area contributed by atoms with Gasteiger partial charge < -0.3 is 0 Å². The average molecular weight is 288 g/mol. The summed E-state index contributed by atoms with van der Waals surface area (Å²) in [6, 6.07) is 5.20. The van der Waals surface area contributed by atoms with E-state index in [1.54, 1.807) is 0 Å². The molecule has 0 amide bonds. The standard InChI is InChI=1S/C12H18BrNS/c1-3-10-6-9(2)7-14(10)8-11-4-5-12(13)15-11/h4-5,9-10H,3,6-8H2,1-2H3. The minimum atomic E-state index is 0.806. The van der Waals surface area contributed by atoms with Crippen LogP contribution in [0.4, 0.5) is 0 Å². The van der Waals surface area contributed by atoms with Crippen molar-refractivity contribution in [1.82, 2.24) is 4.90 Å². The molecule has 0 aromatic carbocycles. The summed E-state index contributed by atoms with van der Waals surface area (Å²) in [6.07, 6.45) is 2.67. The molecule has 0 N–H and O–H groups in total. The Morgan fingerprint density at radius 1 is 1.53 bits per heavy atom. The predicted molar refractivity (Wildman–Crippen MR) is 70.3 cm³/mol. The van der Waals surface area contributed by atoms with Crippen molar-refractivity contribution in [3.05, 3.63) is 20.8 Å². The van der Waals surface area contributed by atoms with E-state index in [-0.39, 0.29) is 0 Å². The van der Waals surface area contributed by atoms with E-state index in [1.165, 1.54) is 28.0 Å². The van der Waals surface area contributed by atoms with Crippen molar-refractivity contribution in [3.63, 3.8) is 0 Å². The molecule has 1 nitrogen and oxygen atoms in total. The van der Waals surface area contributed by atoms with Crippen molar-refractivity contribution in [2.24, 2.45) is 5.92 Å². The fourth-order valence-electron chi connectivity index (χ4n) is 2.49. The maximum absolute atomic E-state index is 3.53. The summed E-state index contributed by atoms with van der Waals surface area (Å²) in [6.45, 7) is 7.08. The molecule has 2 heterocycles. The van der Waals surface area contributed by atoms with Crippen LogP contribution < -0.4 is 0 Å². The average Bonchev–Trinajstić information content (AvgIpc) is 2.73. The quantitative estimate of drug-likeness (QED) is 0.808. The number of nitrogens with zero attached hydrogens (tertiary/aromatic N) is 1. The molecule has 15 heavy (non-hydrogen) atoms. The van der Waals surface area contributed by atoms with Crippen LogP contribution >= 0.6 is 27.3 Å². The van der Waals surface area contributed by atoms with Gasteiger partial charge >= 0.3 is 0 Å². The van der Waals surface area contributed by atoms with Crippen molar-refractivity contribution in [3.8, 4) is 0 Å². The minimum absolute atomic E-state index is 0.806. The first kappa shape index (κ1) is 11.6. The third-order valence-electron chi connectivity index (χ3n) is 3.20. The SMILES string of the molecule is CCC1CC(C)CN1Cc1ccc(Br)s1. The Labute approximate surface area is 105 Å². The number of rotatable bonds is 3. The van der Waals surface area contributed by atoms with Gasteiger partial charge in [-0.3, -0.25) is 4.90 Å². The van der Waals surface area contributed by atoms with E-state index >= 15 is 0 Å². The molecule has 3 heteroatoms. The van der Waals surface area contributed by atoms with Crippen LogP contribution in [0.5, 0.6) is 0 Å². The van der Waals surface area contributed by atoms with Gasteiger partial charge in [-0.15, -0.1) is 11.3 Å². The zero-order valence-electron chi connectivity index (χ0n) is 9.37. The molecule has 1 saturated heterocycles. The Morgan fingerprint density at radius 3 is 2.93 bits per heavy atom. The van der Waals surface area contributed by atoms with Crippen LogP contribution in [0.3, 0.4) is 0 Å². The third kappa shape index (κ3) is 2.83. The lowest BCUT2D eigenvalue weighted by molar-refractivity contribution is 0.239. The second-order valence-electron chi connectivity index (χ2n) is 4.54. The van der Waals surface area contributed by atoms with Gasteiger partial charge in [0, 0.05) is 24.0 Å². The number of hydrogen-bond donors (Lipinski definition) is 0. The van der Waals surface area contributed by atoms with Crippen LogP contribution in [0, 0.1) is 5.92 Å². The molecular weight excluding hydrogens is 270 g/mol. The van der Waals surface area contributed by atoms with Gasteiger partial charge in [0.05, 0.1) is 3.79 Å². The maximum atomic E-state index is 3.53. The summed E-state index contributed by atoms with van der Waals surface area (Å²) >= 11 is 5.39. The third-order valence-corrected chi connectivity index (χ3v) is 4.80. The predicted octanol–water partition coefficient (Wildman–Crippen LogP) is 4.13. The van der Waals surface area contributed by atoms with E-state index < -0.39 is 0 Å². The molecule has 84 valence electrons. The minimum Gasteiger partial charge on any atom is -0.295 e. The van der Waals surface area contributed by atoms with Crippen LogP contribution in [0.2, 0.25) is 0 Å². The first-order valence-electron chi connectivity index (χ1n) is 5.67. The van der Waals surface area contributed by atoms with E-state index in [0.29, 0.717) is 0 Å². The highest BCUT2D eigenvalue weighted by Gasteiger charge is 2.28. The normalized spacial score (nSPS) is 27.4. The Balaban J connectivity index is 1.99. The van der Waals surface area contributed by atoms with Gasteiger partial charge in [0.15, 0.2) is 0 Å². The molecule has 0 aliphatic carbocycles. The van der Waals surface area contributed by atoms with E-state index in [2.05, 4.69) is 46.8 Å². The Morgan fingerprint density at radius 2 is 2.33 bits per heavy atom. The summed E-state index contributed by atoms with van der Waals surface area (Å²) in [4.78, 5) is 4.12. The number of hydrogen-bond acceptors (Lipinski definition) is 2. The smallest absolute Gasteiger partial charge is 0.0701 e. The Bertz CT molecular complexity index is 323. The number of halogens is 1. The lowest BCUT2D eigenvalue weighted by Crippen LogP contribution is -2.27. The second kappa shape index (κ2) is 4.98. The molecule has 0 bridgehead atoms. The summed E-state index contributed by atoms with van der Waals surface area (Å²) < 4.78 is 1.25. The summed E-state index contributed by atoms with van der Waals surface area (Å²) in [7, 11) is 0. The van der Waals surface area contributed by atoms with Crippen molar-refractivity contribution in [2.75, 3.05) is 6.54 Å². The van der Waals surface area contributed by atoms with Gasteiger partial charge in [0.1, 0.15) is 0 Å². The lowest BCUT2D eigenvalue weighted by atomic mass is 10.1. The van der Waals surface area contributed by atoms with Gasteiger partial charge in [-0.25, -0.2) is 0 Å². The molecule has 2 rings (SSSR count). The molecule has 2 atom stereocenters. The van der Waals surface area contributed by atoms with Crippen LogP contribution in [0.15, 0.2) is 15.9 Å². The lowest BCUT2D eigenvalue weighted by Gasteiger charge is -2.22. The van der Waals surface area contributed by atoms with Gasteiger partial charge in [0.2, 0.25) is 0 Å². The maximum Gasteiger partial charge on any atom is 0.0701 e. The molecule has 1 aromatic rings. The topological polar surface area (TPSA) is 3.24 Å². The molecule has 0 radical (unpaired) electrons. The second-order valence-corrected chi connectivity index (χ2v) is 7.09. The van der Waals surface area contributed by atoms with Crippen molar-refractivity contribution >= 4 is 27.3 Å². The first-order chi connectivity index (χ1) is 7.19. The van der Waals surface area contributed by atoms with E-state index in [9.17, 15) is 0 Å². The molecular formula is C12H18BrNS. The fourth-order valence-corrected chi connectivity index (χ4v) is 4.00.